The Hall–Kier alpha value is -4.34. The minimum Gasteiger partial charge on any atom is -0.465 e. The fraction of sp³-hybridized carbons (Fsp3) is 0.345. The molecule has 0 atom stereocenters. The second-order valence-corrected chi connectivity index (χ2v) is 10.9. The molecule has 10 heteroatoms. The SMILES string of the molecule is CC(C)(C)N(C(=O)O)C1CCC(n2c(=O)c3cc(F)cnc3n(-c3cccc(-c4ccccn4)c3)c2=O)CC1. The van der Waals surface area contributed by atoms with Gasteiger partial charge in [-0.2, -0.15) is 0 Å². The van der Waals surface area contributed by atoms with E-state index in [0.29, 0.717) is 37.1 Å². The lowest BCUT2D eigenvalue weighted by Crippen LogP contribution is -2.53. The predicted molar refractivity (Wildman–Crippen MR) is 146 cm³/mol. The van der Waals surface area contributed by atoms with E-state index in [1.165, 1.54) is 14.0 Å². The first-order chi connectivity index (χ1) is 18.6. The molecule has 0 saturated heterocycles. The van der Waals surface area contributed by atoms with Gasteiger partial charge in [0.25, 0.3) is 5.56 Å². The molecule has 0 aliphatic heterocycles. The molecule has 39 heavy (non-hydrogen) atoms. The summed E-state index contributed by atoms with van der Waals surface area (Å²) in [5.74, 6) is -0.676. The number of nitrogens with zero attached hydrogens (tertiary/aromatic N) is 5. The van der Waals surface area contributed by atoms with E-state index in [2.05, 4.69) is 9.97 Å². The van der Waals surface area contributed by atoms with Gasteiger partial charge in [-0.15, -0.1) is 0 Å². The molecule has 5 rings (SSSR count). The standard InChI is InChI=1S/C29H30FN5O4/c1-29(2,3)35(28(38)39)21-12-10-20(11-13-21)34-26(36)23-16-19(30)17-32-25(23)33(27(34)37)22-8-6-7-18(15-22)24-9-4-5-14-31-24/h4-9,14-17,20-21H,10-13H2,1-3H3,(H,38,39). The van der Waals surface area contributed by atoms with Crippen LogP contribution in [0.4, 0.5) is 9.18 Å². The van der Waals surface area contributed by atoms with Crippen molar-refractivity contribution in [2.24, 2.45) is 0 Å². The lowest BCUT2D eigenvalue weighted by atomic mass is 9.88. The molecule has 0 unspecified atom stereocenters. The highest BCUT2D eigenvalue weighted by Crippen LogP contribution is 2.33. The van der Waals surface area contributed by atoms with Gasteiger partial charge in [0, 0.05) is 29.4 Å². The lowest BCUT2D eigenvalue weighted by Gasteiger charge is -2.42. The van der Waals surface area contributed by atoms with Crippen molar-refractivity contribution in [1.29, 1.82) is 0 Å². The van der Waals surface area contributed by atoms with Crippen LogP contribution < -0.4 is 11.2 Å². The summed E-state index contributed by atoms with van der Waals surface area (Å²) in [7, 11) is 0. The van der Waals surface area contributed by atoms with E-state index in [0.717, 1.165) is 17.8 Å². The molecule has 0 radical (unpaired) electrons. The van der Waals surface area contributed by atoms with Gasteiger partial charge in [-0.1, -0.05) is 18.2 Å². The van der Waals surface area contributed by atoms with E-state index < -0.39 is 34.7 Å². The summed E-state index contributed by atoms with van der Waals surface area (Å²) in [5.41, 5.74) is 0.262. The van der Waals surface area contributed by atoms with Crippen LogP contribution in [0.2, 0.25) is 0 Å². The first kappa shape index (κ1) is 26.3. The Balaban J connectivity index is 1.61. The molecule has 3 heterocycles. The molecule has 1 aliphatic rings. The van der Waals surface area contributed by atoms with Crippen molar-refractivity contribution in [2.75, 3.05) is 0 Å². The topological polar surface area (TPSA) is 110 Å². The van der Waals surface area contributed by atoms with Crippen LogP contribution in [0.15, 0.2) is 70.5 Å². The largest absolute Gasteiger partial charge is 0.465 e. The molecule has 1 aromatic carbocycles. The maximum absolute atomic E-state index is 14.3. The summed E-state index contributed by atoms with van der Waals surface area (Å²) in [6, 6.07) is 13.1. The zero-order valence-electron chi connectivity index (χ0n) is 22.0. The molecule has 202 valence electrons. The van der Waals surface area contributed by atoms with Crippen LogP contribution in [0.3, 0.4) is 0 Å². The van der Waals surface area contributed by atoms with E-state index in [1.807, 2.05) is 45.0 Å². The second kappa shape index (κ2) is 10.1. The Bertz CT molecular complexity index is 1650. The van der Waals surface area contributed by atoms with Crippen LogP contribution in [0.1, 0.15) is 52.5 Å². The summed E-state index contributed by atoms with van der Waals surface area (Å²) < 4.78 is 16.8. The fourth-order valence-corrected chi connectivity index (χ4v) is 5.64. The number of hydrogen-bond donors (Lipinski definition) is 1. The highest BCUT2D eigenvalue weighted by atomic mass is 19.1. The minimum atomic E-state index is -0.995. The third kappa shape index (κ3) is 4.94. The number of carboxylic acid groups (broad SMARTS) is 1. The maximum Gasteiger partial charge on any atom is 0.407 e. The van der Waals surface area contributed by atoms with Gasteiger partial charge in [0.15, 0.2) is 5.65 Å². The summed E-state index contributed by atoms with van der Waals surface area (Å²) in [4.78, 5) is 49.5. The number of hydrogen-bond acceptors (Lipinski definition) is 5. The van der Waals surface area contributed by atoms with Gasteiger partial charge in [0.2, 0.25) is 0 Å². The van der Waals surface area contributed by atoms with Crippen molar-refractivity contribution >= 4 is 17.1 Å². The smallest absolute Gasteiger partial charge is 0.407 e. The Morgan fingerprint density at radius 3 is 2.41 bits per heavy atom. The Morgan fingerprint density at radius 2 is 1.77 bits per heavy atom. The van der Waals surface area contributed by atoms with Crippen LogP contribution in [0.25, 0.3) is 28.0 Å². The van der Waals surface area contributed by atoms with Crippen LogP contribution in [-0.2, 0) is 0 Å². The molecule has 1 saturated carbocycles. The number of carbonyl (C=O) groups is 1. The number of halogens is 1. The van der Waals surface area contributed by atoms with E-state index in [4.69, 9.17) is 0 Å². The van der Waals surface area contributed by atoms with Crippen molar-refractivity contribution in [1.82, 2.24) is 24.0 Å². The van der Waals surface area contributed by atoms with Gasteiger partial charge < -0.3 is 10.0 Å². The number of pyridine rings is 2. The zero-order chi connectivity index (χ0) is 27.9. The van der Waals surface area contributed by atoms with Crippen molar-refractivity contribution < 1.29 is 14.3 Å². The van der Waals surface area contributed by atoms with Crippen LogP contribution in [0.5, 0.6) is 0 Å². The normalized spacial score (nSPS) is 17.7. The third-order valence-electron chi connectivity index (χ3n) is 7.28. The van der Waals surface area contributed by atoms with Gasteiger partial charge in [-0.05, 0) is 76.8 Å². The molecule has 1 aliphatic carbocycles. The van der Waals surface area contributed by atoms with Gasteiger partial charge in [0.1, 0.15) is 5.82 Å². The molecule has 0 bridgehead atoms. The van der Waals surface area contributed by atoms with Gasteiger partial charge in [0.05, 0.1) is 23.0 Å². The van der Waals surface area contributed by atoms with Crippen LogP contribution >= 0.6 is 0 Å². The average Bonchev–Trinajstić information content (AvgIpc) is 2.90. The number of benzene rings is 1. The summed E-state index contributed by atoms with van der Waals surface area (Å²) in [5, 5.41) is 9.82. The molecule has 9 nitrogen and oxygen atoms in total. The van der Waals surface area contributed by atoms with Gasteiger partial charge in [-0.25, -0.2) is 23.5 Å². The molecule has 1 amide bonds. The highest BCUT2D eigenvalue weighted by molar-refractivity contribution is 5.76. The second-order valence-electron chi connectivity index (χ2n) is 10.9. The quantitative estimate of drug-likeness (QED) is 0.396. The van der Waals surface area contributed by atoms with E-state index in [9.17, 15) is 23.9 Å². The summed E-state index contributed by atoms with van der Waals surface area (Å²) >= 11 is 0. The number of aromatic nitrogens is 4. The average molecular weight is 532 g/mol. The Kier molecular flexibility index (Phi) is 6.80. The minimum absolute atomic E-state index is 0.00168. The van der Waals surface area contributed by atoms with Gasteiger partial charge in [-0.3, -0.25) is 14.3 Å². The van der Waals surface area contributed by atoms with Crippen molar-refractivity contribution in [3.8, 4) is 16.9 Å². The van der Waals surface area contributed by atoms with E-state index in [1.54, 1.807) is 24.4 Å². The molecule has 0 spiro atoms. The number of rotatable bonds is 4. The van der Waals surface area contributed by atoms with Crippen molar-refractivity contribution in [2.45, 2.75) is 64.1 Å². The molecular formula is C29H30FN5O4. The summed E-state index contributed by atoms with van der Waals surface area (Å²) in [6.45, 7) is 5.54. The predicted octanol–water partition coefficient (Wildman–Crippen LogP) is 5.01. The third-order valence-corrected chi connectivity index (χ3v) is 7.28. The first-order valence-corrected chi connectivity index (χ1v) is 12.9. The van der Waals surface area contributed by atoms with Crippen molar-refractivity contribution in [3.63, 3.8) is 0 Å². The van der Waals surface area contributed by atoms with Crippen molar-refractivity contribution in [3.05, 3.63) is 87.6 Å². The Labute approximate surface area is 224 Å². The Morgan fingerprint density at radius 1 is 1.03 bits per heavy atom. The first-order valence-electron chi connectivity index (χ1n) is 12.9. The van der Waals surface area contributed by atoms with E-state index >= 15 is 0 Å². The number of amides is 1. The molecule has 1 fully saturated rings. The van der Waals surface area contributed by atoms with Gasteiger partial charge >= 0.3 is 11.8 Å². The zero-order valence-corrected chi connectivity index (χ0v) is 22.0. The molecule has 1 N–H and O–H groups in total. The van der Waals surface area contributed by atoms with E-state index in [-0.39, 0.29) is 17.1 Å². The molecule has 3 aromatic heterocycles. The van der Waals surface area contributed by atoms with Crippen LogP contribution in [0, 0.1) is 5.82 Å². The fourth-order valence-electron chi connectivity index (χ4n) is 5.64. The molecular weight excluding hydrogens is 501 g/mol. The lowest BCUT2D eigenvalue weighted by molar-refractivity contribution is 0.0506. The summed E-state index contributed by atoms with van der Waals surface area (Å²) in [6.07, 6.45) is 3.52. The number of fused-ring (bicyclic) bond motifs is 1. The maximum atomic E-state index is 14.3. The highest BCUT2D eigenvalue weighted by Gasteiger charge is 2.36. The molecule has 4 aromatic rings. The monoisotopic (exact) mass is 531 g/mol. The van der Waals surface area contributed by atoms with Crippen LogP contribution in [-0.4, -0.2) is 46.8 Å².